The first-order valence-corrected chi connectivity index (χ1v) is 12.2. The fourth-order valence-electron chi connectivity index (χ4n) is 5.08. The summed E-state index contributed by atoms with van der Waals surface area (Å²) in [5.74, 6) is 0.148. The summed E-state index contributed by atoms with van der Waals surface area (Å²) < 4.78 is 1.94. The van der Waals surface area contributed by atoms with Crippen LogP contribution < -0.4 is 0 Å². The summed E-state index contributed by atoms with van der Waals surface area (Å²) >= 11 is 6.08. The molecule has 0 unspecified atom stereocenters. The van der Waals surface area contributed by atoms with Crippen LogP contribution in [0.15, 0.2) is 54.6 Å². The van der Waals surface area contributed by atoms with E-state index in [9.17, 15) is 9.59 Å². The summed E-state index contributed by atoms with van der Waals surface area (Å²) in [6.07, 6.45) is 6.54. The third-order valence-corrected chi connectivity index (χ3v) is 7.17. The number of benzene rings is 2. The van der Waals surface area contributed by atoms with Crippen molar-refractivity contribution in [1.29, 1.82) is 0 Å². The van der Waals surface area contributed by atoms with E-state index in [4.69, 9.17) is 16.7 Å². The lowest BCUT2D eigenvalue weighted by Crippen LogP contribution is -2.40. The lowest BCUT2D eigenvalue weighted by Gasteiger charge is -2.31. The van der Waals surface area contributed by atoms with Gasteiger partial charge in [0.05, 0.1) is 5.69 Å². The molecule has 1 saturated heterocycles. The Hall–Kier alpha value is -2.92. The summed E-state index contributed by atoms with van der Waals surface area (Å²) in [7, 11) is 0. The fourth-order valence-corrected chi connectivity index (χ4v) is 5.20. The number of hydrogen-bond acceptors (Lipinski definition) is 3. The van der Waals surface area contributed by atoms with Crippen LogP contribution in [0.3, 0.4) is 0 Å². The normalized spacial score (nSPS) is 16.8. The van der Waals surface area contributed by atoms with Crippen molar-refractivity contribution in [3.05, 3.63) is 82.1 Å². The Morgan fingerprint density at radius 2 is 1.58 bits per heavy atom. The molecule has 1 aliphatic carbocycles. The van der Waals surface area contributed by atoms with Gasteiger partial charge in [-0.25, -0.2) is 4.68 Å². The van der Waals surface area contributed by atoms with Crippen molar-refractivity contribution < 1.29 is 9.59 Å². The molecule has 0 spiro atoms. The number of ketones is 1. The average molecular weight is 462 g/mol. The lowest BCUT2D eigenvalue weighted by atomic mass is 9.88. The van der Waals surface area contributed by atoms with Crippen molar-refractivity contribution in [2.75, 3.05) is 13.1 Å². The first-order valence-electron chi connectivity index (χ1n) is 11.9. The zero-order valence-electron chi connectivity index (χ0n) is 18.7. The van der Waals surface area contributed by atoms with Crippen molar-refractivity contribution in [3.63, 3.8) is 0 Å². The number of carbonyl (C=O) groups is 2. The molecular formula is C27H28ClN3O2. The predicted octanol–water partition coefficient (Wildman–Crippen LogP) is 5.53. The number of fused-ring (bicyclic) bond motifs is 1. The highest BCUT2D eigenvalue weighted by Crippen LogP contribution is 2.29. The first-order chi connectivity index (χ1) is 16.1. The van der Waals surface area contributed by atoms with E-state index in [1.807, 2.05) is 64.2 Å². The molecule has 1 aliphatic heterocycles. The van der Waals surface area contributed by atoms with Gasteiger partial charge in [0.2, 0.25) is 0 Å². The third-order valence-electron chi connectivity index (χ3n) is 6.92. The maximum atomic E-state index is 13.6. The first kappa shape index (κ1) is 21.9. The molecule has 170 valence electrons. The molecular weight excluding hydrogens is 434 g/mol. The number of hydrogen-bond donors (Lipinski definition) is 0. The number of likely N-dealkylation sites (tertiary alicyclic amines) is 1. The zero-order chi connectivity index (χ0) is 22.8. The van der Waals surface area contributed by atoms with Gasteiger partial charge < -0.3 is 4.90 Å². The second kappa shape index (κ2) is 9.52. The van der Waals surface area contributed by atoms with Crippen molar-refractivity contribution >= 4 is 23.3 Å². The molecule has 0 radical (unpaired) electrons. The number of aromatic nitrogens is 2. The standard InChI is InChI=1S/C27H28ClN3O2/c28-21-11-13-22(14-12-21)31-24-10-6-2-5-9-23(24)25(29-31)27(33)30-17-15-20(16-18-30)26(32)19-7-3-1-4-8-19/h1,3-4,7-8,11-14,20H,2,5-6,9-10,15-18H2. The Morgan fingerprint density at radius 3 is 2.30 bits per heavy atom. The molecule has 5 nitrogen and oxygen atoms in total. The molecule has 0 N–H and O–H groups in total. The monoisotopic (exact) mass is 461 g/mol. The second-order valence-electron chi connectivity index (χ2n) is 9.02. The summed E-state index contributed by atoms with van der Waals surface area (Å²) in [4.78, 5) is 28.3. The van der Waals surface area contributed by atoms with Crippen LogP contribution in [0.25, 0.3) is 5.69 Å². The van der Waals surface area contributed by atoms with E-state index in [0.717, 1.165) is 54.6 Å². The second-order valence-corrected chi connectivity index (χ2v) is 9.46. The Kier molecular flexibility index (Phi) is 6.32. The van der Waals surface area contributed by atoms with Gasteiger partial charge in [-0.3, -0.25) is 9.59 Å². The van der Waals surface area contributed by atoms with Crippen LogP contribution in [0.2, 0.25) is 5.02 Å². The van der Waals surface area contributed by atoms with Crippen molar-refractivity contribution in [2.24, 2.45) is 5.92 Å². The van der Waals surface area contributed by atoms with E-state index in [2.05, 4.69) is 0 Å². The maximum Gasteiger partial charge on any atom is 0.274 e. The number of Topliss-reactive ketones (excluding diaryl/α,β-unsaturated/α-hetero) is 1. The summed E-state index contributed by atoms with van der Waals surface area (Å²) in [6, 6.07) is 17.1. The van der Waals surface area contributed by atoms with E-state index < -0.39 is 0 Å². The van der Waals surface area contributed by atoms with Crippen LogP contribution in [0.1, 0.15) is 64.2 Å². The maximum absolute atomic E-state index is 13.6. The molecule has 1 amide bonds. The van der Waals surface area contributed by atoms with Crippen LogP contribution in [-0.4, -0.2) is 39.5 Å². The molecule has 33 heavy (non-hydrogen) atoms. The molecule has 0 bridgehead atoms. The van der Waals surface area contributed by atoms with Crippen molar-refractivity contribution in [2.45, 2.75) is 44.9 Å². The third kappa shape index (κ3) is 4.47. The summed E-state index contributed by atoms with van der Waals surface area (Å²) in [5.41, 5.74) is 4.51. The van der Waals surface area contributed by atoms with E-state index in [0.29, 0.717) is 36.6 Å². The van der Waals surface area contributed by atoms with Gasteiger partial charge in [-0.2, -0.15) is 5.10 Å². The van der Waals surface area contributed by atoms with Gasteiger partial charge in [0, 0.05) is 40.9 Å². The van der Waals surface area contributed by atoms with Gasteiger partial charge in [-0.1, -0.05) is 48.4 Å². The molecule has 0 atom stereocenters. The van der Waals surface area contributed by atoms with Gasteiger partial charge in [-0.05, 0) is 62.8 Å². The number of carbonyl (C=O) groups excluding carboxylic acids is 2. The topological polar surface area (TPSA) is 55.2 Å². The highest BCUT2D eigenvalue weighted by Gasteiger charge is 2.32. The predicted molar refractivity (Wildman–Crippen MR) is 129 cm³/mol. The van der Waals surface area contributed by atoms with Crippen LogP contribution >= 0.6 is 11.6 Å². The van der Waals surface area contributed by atoms with Crippen LogP contribution in [0.5, 0.6) is 0 Å². The van der Waals surface area contributed by atoms with Gasteiger partial charge in [0.15, 0.2) is 11.5 Å². The van der Waals surface area contributed by atoms with Crippen LogP contribution in [-0.2, 0) is 12.8 Å². The average Bonchev–Trinajstić information content (AvgIpc) is 3.05. The quantitative estimate of drug-likeness (QED) is 0.379. The van der Waals surface area contributed by atoms with Gasteiger partial charge >= 0.3 is 0 Å². The van der Waals surface area contributed by atoms with E-state index in [1.165, 1.54) is 0 Å². The Morgan fingerprint density at radius 1 is 0.879 bits per heavy atom. The number of amides is 1. The lowest BCUT2D eigenvalue weighted by molar-refractivity contribution is 0.0644. The smallest absolute Gasteiger partial charge is 0.274 e. The number of halogens is 1. The molecule has 0 saturated carbocycles. The number of rotatable bonds is 4. The Balaban J connectivity index is 1.37. The van der Waals surface area contributed by atoms with Crippen LogP contribution in [0, 0.1) is 5.92 Å². The molecule has 1 aromatic heterocycles. The highest BCUT2D eigenvalue weighted by atomic mass is 35.5. The van der Waals surface area contributed by atoms with Gasteiger partial charge in [0.1, 0.15) is 0 Å². The molecule has 2 heterocycles. The molecule has 5 rings (SSSR count). The molecule has 6 heteroatoms. The molecule has 2 aliphatic rings. The molecule has 2 aromatic carbocycles. The SMILES string of the molecule is O=C(c1ccccc1)C1CCN(C(=O)c2nn(-c3ccc(Cl)cc3)c3c2CCCCC3)CC1. The van der Waals surface area contributed by atoms with Crippen molar-refractivity contribution in [1.82, 2.24) is 14.7 Å². The molecule has 1 fully saturated rings. The molecule has 3 aromatic rings. The van der Waals surface area contributed by atoms with Crippen molar-refractivity contribution in [3.8, 4) is 5.69 Å². The van der Waals surface area contributed by atoms with Gasteiger partial charge in [0.25, 0.3) is 5.91 Å². The number of piperidine rings is 1. The zero-order valence-corrected chi connectivity index (χ0v) is 19.4. The summed E-state index contributed by atoms with van der Waals surface area (Å²) in [5, 5.41) is 5.51. The Labute approximate surface area is 199 Å². The minimum absolute atomic E-state index is 0.00789. The minimum Gasteiger partial charge on any atom is -0.337 e. The largest absolute Gasteiger partial charge is 0.337 e. The minimum atomic E-state index is -0.0276. The summed E-state index contributed by atoms with van der Waals surface area (Å²) in [6.45, 7) is 1.18. The number of nitrogens with zero attached hydrogens (tertiary/aromatic N) is 3. The van der Waals surface area contributed by atoms with E-state index >= 15 is 0 Å². The van der Waals surface area contributed by atoms with Crippen LogP contribution in [0.4, 0.5) is 0 Å². The highest BCUT2D eigenvalue weighted by molar-refractivity contribution is 6.30. The van der Waals surface area contributed by atoms with Gasteiger partial charge in [-0.15, -0.1) is 0 Å². The Bertz CT molecular complexity index is 1150. The van der Waals surface area contributed by atoms with E-state index in [-0.39, 0.29) is 17.6 Å². The fraction of sp³-hybridized carbons (Fsp3) is 0.370. The van der Waals surface area contributed by atoms with E-state index in [1.54, 1.807) is 0 Å².